The molecule has 3 rings (SSSR count). The van der Waals surface area contributed by atoms with Gasteiger partial charge in [0.05, 0.1) is 18.0 Å². The standard InChI is InChI=1S/C20H14ClF4N3O3/c21-12-6-4-11(5-7-12)16-9-15(18(30)26-17(10-29)20(23,24)25)19(31)28(27-16)14-3-1-2-13(22)8-14/h1-9,17,29H,10H2,(H,26,30)/t17-/m1/s1. The van der Waals surface area contributed by atoms with Gasteiger partial charge in [0.15, 0.2) is 0 Å². The maximum absolute atomic E-state index is 13.7. The lowest BCUT2D eigenvalue weighted by Crippen LogP contribution is -2.49. The highest BCUT2D eigenvalue weighted by atomic mass is 35.5. The number of nitrogens with one attached hydrogen (secondary N) is 1. The average Bonchev–Trinajstić information content (AvgIpc) is 2.71. The second-order valence-corrected chi connectivity index (χ2v) is 6.83. The summed E-state index contributed by atoms with van der Waals surface area (Å²) in [6, 6.07) is 9.28. The van der Waals surface area contributed by atoms with Crippen molar-refractivity contribution in [3.63, 3.8) is 0 Å². The Hall–Kier alpha value is -3.24. The van der Waals surface area contributed by atoms with Crippen molar-refractivity contribution in [3.8, 4) is 16.9 Å². The van der Waals surface area contributed by atoms with Gasteiger partial charge < -0.3 is 10.4 Å². The lowest BCUT2D eigenvalue weighted by molar-refractivity contribution is -0.161. The summed E-state index contributed by atoms with van der Waals surface area (Å²) in [6.45, 7) is -1.41. The van der Waals surface area contributed by atoms with Crippen LogP contribution in [0.1, 0.15) is 10.4 Å². The van der Waals surface area contributed by atoms with Crippen LogP contribution in [-0.2, 0) is 0 Å². The molecule has 2 aromatic carbocycles. The van der Waals surface area contributed by atoms with E-state index in [0.29, 0.717) is 15.3 Å². The van der Waals surface area contributed by atoms with Gasteiger partial charge in [-0.3, -0.25) is 9.59 Å². The molecule has 0 aliphatic carbocycles. The number of carbonyl (C=O) groups is 1. The maximum atomic E-state index is 13.7. The molecule has 0 saturated heterocycles. The minimum atomic E-state index is -4.93. The van der Waals surface area contributed by atoms with Crippen LogP contribution >= 0.6 is 11.6 Å². The molecule has 31 heavy (non-hydrogen) atoms. The van der Waals surface area contributed by atoms with Crippen LogP contribution in [0.3, 0.4) is 0 Å². The van der Waals surface area contributed by atoms with E-state index in [1.165, 1.54) is 36.4 Å². The summed E-state index contributed by atoms with van der Waals surface area (Å²) in [5.41, 5.74) is -1.33. The van der Waals surface area contributed by atoms with Gasteiger partial charge in [0.25, 0.3) is 11.5 Å². The van der Waals surface area contributed by atoms with Crippen molar-refractivity contribution in [1.82, 2.24) is 15.1 Å². The maximum Gasteiger partial charge on any atom is 0.410 e. The zero-order valence-electron chi connectivity index (χ0n) is 15.5. The summed E-state index contributed by atoms with van der Waals surface area (Å²) in [5.74, 6) is -2.06. The molecule has 0 aliphatic heterocycles. The molecule has 1 amide bonds. The third kappa shape index (κ3) is 5.09. The molecule has 1 aromatic heterocycles. The molecule has 0 aliphatic rings. The predicted molar refractivity (Wildman–Crippen MR) is 105 cm³/mol. The molecule has 11 heteroatoms. The molecule has 2 N–H and O–H groups in total. The predicted octanol–water partition coefficient (Wildman–Crippen LogP) is 3.35. The largest absolute Gasteiger partial charge is 0.410 e. The van der Waals surface area contributed by atoms with E-state index in [9.17, 15) is 27.2 Å². The number of alkyl halides is 3. The van der Waals surface area contributed by atoms with Gasteiger partial charge in [-0.25, -0.2) is 4.39 Å². The van der Waals surface area contributed by atoms with E-state index in [-0.39, 0.29) is 11.4 Å². The molecule has 0 spiro atoms. The molecule has 1 heterocycles. The quantitative estimate of drug-likeness (QED) is 0.578. The molecule has 0 fully saturated rings. The summed E-state index contributed by atoms with van der Waals surface area (Å²) in [4.78, 5) is 25.3. The molecular weight excluding hydrogens is 442 g/mol. The number of hydrogen-bond acceptors (Lipinski definition) is 4. The smallest absolute Gasteiger partial charge is 0.394 e. The molecule has 0 bridgehead atoms. The lowest BCUT2D eigenvalue weighted by atomic mass is 10.1. The van der Waals surface area contributed by atoms with Crippen molar-refractivity contribution in [1.29, 1.82) is 0 Å². The van der Waals surface area contributed by atoms with Gasteiger partial charge in [0, 0.05) is 10.6 Å². The zero-order valence-corrected chi connectivity index (χ0v) is 16.3. The van der Waals surface area contributed by atoms with Crippen LogP contribution < -0.4 is 10.9 Å². The second-order valence-electron chi connectivity index (χ2n) is 6.40. The molecule has 1 atom stereocenters. The highest BCUT2D eigenvalue weighted by molar-refractivity contribution is 6.30. The van der Waals surface area contributed by atoms with Crippen molar-refractivity contribution >= 4 is 17.5 Å². The Morgan fingerprint density at radius 1 is 1.16 bits per heavy atom. The zero-order chi connectivity index (χ0) is 22.8. The molecular formula is C20H14ClF4N3O3. The van der Waals surface area contributed by atoms with Crippen molar-refractivity contribution < 1.29 is 27.5 Å². The summed E-state index contributed by atoms with van der Waals surface area (Å²) in [6.07, 6.45) is -4.93. The van der Waals surface area contributed by atoms with Crippen LogP contribution in [0.2, 0.25) is 5.02 Å². The third-order valence-electron chi connectivity index (χ3n) is 4.23. The summed E-state index contributed by atoms with van der Waals surface area (Å²) in [7, 11) is 0. The highest BCUT2D eigenvalue weighted by Gasteiger charge is 2.40. The Morgan fingerprint density at radius 2 is 1.84 bits per heavy atom. The van der Waals surface area contributed by atoms with Crippen molar-refractivity contribution in [2.45, 2.75) is 12.2 Å². The first-order chi connectivity index (χ1) is 14.6. The van der Waals surface area contributed by atoms with Crippen LogP contribution in [0, 0.1) is 5.82 Å². The molecule has 162 valence electrons. The Bertz CT molecular complexity index is 1160. The number of aromatic nitrogens is 2. The normalized spacial score (nSPS) is 12.5. The molecule has 0 unspecified atom stereocenters. The fraction of sp³-hybridized carbons (Fsp3) is 0.150. The van der Waals surface area contributed by atoms with Crippen LogP contribution in [-0.4, -0.2) is 39.6 Å². The van der Waals surface area contributed by atoms with Crippen LogP contribution in [0.4, 0.5) is 17.6 Å². The topological polar surface area (TPSA) is 84.2 Å². The monoisotopic (exact) mass is 455 g/mol. The first-order valence-electron chi connectivity index (χ1n) is 8.75. The molecule has 0 saturated carbocycles. The van der Waals surface area contributed by atoms with Crippen molar-refractivity contribution in [2.75, 3.05) is 6.61 Å². The summed E-state index contributed by atoms with van der Waals surface area (Å²) >= 11 is 5.86. The minimum absolute atomic E-state index is 0.0376. The third-order valence-corrected chi connectivity index (χ3v) is 4.48. The number of carbonyl (C=O) groups excluding carboxylic acids is 1. The van der Waals surface area contributed by atoms with E-state index < -0.39 is 41.7 Å². The van der Waals surface area contributed by atoms with Gasteiger partial charge in [0.1, 0.15) is 17.4 Å². The van der Waals surface area contributed by atoms with Crippen LogP contribution in [0.5, 0.6) is 0 Å². The number of halogens is 5. The SMILES string of the molecule is O=C(N[C@H](CO)C(F)(F)F)c1cc(-c2ccc(Cl)cc2)nn(-c2cccc(F)c2)c1=O. The Morgan fingerprint density at radius 3 is 2.42 bits per heavy atom. The van der Waals surface area contributed by atoms with Gasteiger partial charge in [-0.15, -0.1) is 0 Å². The fourth-order valence-electron chi connectivity index (χ4n) is 2.67. The van der Waals surface area contributed by atoms with Gasteiger partial charge in [0.2, 0.25) is 0 Å². The van der Waals surface area contributed by atoms with E-state index in [0.717, 1.165) is 18.2 Å². The number of aliphatic hydroxyl groups excluding tert-OH is 1. The van der Waals surface area contributed by atoms with E-state index >= 15 is 0 Å². The van der Waals surface area contributed by atoms with E-state index in [2.05, 4.69) is 5.10 Å². The van der Waals surface area contributed by atoms with Crippen LogP contribution in [0.25, 0.3) is 16.9 Å². The second kappa shape index (κ2) is 8.86. The Kier molecular flexibility index (Phi) is 6.42. The number of aliphatic hydroxyl groups is 1. The number of amides is 1. The molecule has 6 nitrogen and oxygen atoms in total. The Balaban J connectivity index is 2.16. The van der Waals surface area contributed by atoms with E-state index in [1.807, 2.05) is 0 Å². The van der Waals surface area contributed by atoms with Gasteiger partial charge in [-0.05, 0) is 36.4 Å². The van der Waals surface area contributed by atoms with E-state index in [1.54, 1.807) is 5.32 Å². The number of nitrogens with zero attached hydrogens (tertiary/aromatic N) is 2. The van der Waals surface area contributed by atoms with Crippen molar-refractivity contribution in [2.24, 2.45) is 0 Å². The number of rotatable bonds is 5. The number of benzene rings is 2. The lowest BCUT2D eigenvalue weighted by Gasteiger charge is -2.19. The molecule has 3 aromatic rings. The van der Waals surface area contributed by atoms with Gasteiger partial charge in [-0.2, -0.15) is 23.0 Å². The van der Waals surface area contributed by atoms with E-state index in [4.69, 9.17) is 16.7 Å². The summed E-state index contributed by atoms with van der Waals surface area (Å²) in [5, 5.41) is 15.1. The molecule has 0 radical (unpaired) electrons. The minimum Gasteiger partial charge on any atom is -0.394 e. The first kappa shape index (κ1) is 22.4. The highest BCUT2D eigenvalue weighted by Crippen LogP contribution is 2.22. The number of hydrogen-bond donors (Lipinski definition) is 2. The van der Waals surface area contributed by atoms with Gasteiger partial charge in [-0.1, -0.05) is 29.8 Å². The van der Waals surface area contributed by atoms with Gasteiger partial charge >= 0.3 is 6.18 Å². The summed E-state index contributed by atoms with van der Waals surface area (Å²) < 4.78 is 53.2. The van der Waals surface area contributed by atoms with Crippen LogP contribution in [0.15, 0.2) is 59.4 Å². The Labute approximate surface area is 177 Å². The average molecular weight is 456 g/mol. The first-order valence-corrected chi connectivity index (χ1v) is 9.12. The fourth-order valence-corrected chi connectivity index (χ4v) is 2.79. The van der Waals surface area contributed by atoms with Crippen molar-refractivity contribution in [3.05, 3.63) is 81.4 Å².